The number of azo groups is 2. The second-order valence-electron chi connectivity index (χ2n) is 5.05. The average molecular weight is 264 g/mol. The highest BCUT2D eigenvalue weighted by Crippen LogP contribution is 2.32. The van der Waals surface area contributed by atoms with Gasteiger partial charge in [-0.3, -0.25) is 0 Å². The van der Waals surface area contributed by atoms with Gasteiger partial charge in [0.25, 0.3) is 0 Å². The Morgan fingerprint density at radius 2 is 1.39 bits per heavy atom. The van der Waals surface area contributed by atoms with Gasteiger partial charge in [0, 0.05) is 25.7 Å². The molecule has 0 aromatic heterocycles. The Hall–Kier alpha value is -0.875. The highest BCUT2D eigenvalue weighted by Gasteiger charge is 2.40. The van der Waals surface area contributed by atoms with Crippen molar-refractivity contribution in [1.29, 1.82) is 0 Å². The van der Waals surface area contributed by atoms with Crippen LogP contribution in [0.25, 0.3) is 0 Å². The molecule has 2 bridgehead atoms. The maximum Gasteiger partial charge on any atom is 0.673 e. The Morgan fingerprint density at radius 1 is 0.889 bits per heavy atom. The van der Waals surface area contributed by atoms with Crippen LogP contribution in [-0.4, -0.2) is 30.1 Å². The summed E-state index contributed by atoms with van der Waals surface area (Å²) >= 11 is 0. The van der Waals surface area contributed by atoms with Gasteiger partial charge in [-0.15, -0.1) is 4.70 Å². The predicted octanol–water partition coefficient (Wildman–Crippen LogP) is 3.79. The van der Waals surface area contributed by atoms with Crippen molar-refractivity contribution in [3.05, 3.63) is 12.2 Å². The van der Waals surface area contributed by atoms with Crippen LogP contribution in [-0.2, 0) is 0 Å². The van der Waals surface area contributed by atoms with E-state index < -0.39 is 7.25 Å². The maximum absolute atomic E-state index is 9.75. The Labute approximate surface area is 104 Å². The van der Waals surface area contributed by atoms with Crippen LogP contribution in [0.2, 0.25) is 0 Å². The van der Waals surface area contributed by atoms with Crippen molar-refractivity contribution in [2.45, 2.75) is 56.7 Å². The fourth-order valence-electron chi connectivity index (χ4n) is 2.93. The molecular formula is C11H17BF4N2. The van der Waals surface area contributed by atoms with Gasteiger partial charge in [0.15, 0.2) is 12.1 Å². The number of nitrogens with zero attached hydrogens (tertiary/aromatic N) is 2. The predicted molar refractivity (Wildman–Crippen MR) is 61.1 cm³/mol. The van der Waals surface area contributed by atoms with E-state index in [1.807, 2.05) is 0 Å². The molecule has 0 amide bonds. The van der Waals surface area contributed by atoms with Crippen LogP contribution < -0.4 is 0 Å². The Bertz CT molecular complexity index is 331. The van der Waals surface area contributed by atoms with E-state index in [9.17, 15) is 17.3 Å². The van der Waals surface area contributed by atoms with Gasteiger partial charge in [-0.1, -0.05) is 12.2 Å². The first-order chi connectivity index (χ1) is 8.43. The van der Waals surface area contributed by atoms with Gasteiger partial charge >= 0.3 is 7.25 Å². The van der Waals surface area contributed by atoms with E-state index in [1.165, 1.54) is 38.5 Å². The number of fused-ring (bicyclic) bond motifs is 2. The zero-order valence-electron chi connectivity index (χ0n) is 10.1. The van der Waals surface area contributed by atoms with E-state index in [2.05, 4.69) is 16.8 Å². The molecule has 2 aliphatic carbocycles. The van der Waals surface area contributed by atoms with Crippen molar-refractivity contribution in [1.82, 2.24) is 0 Å². The largest absolute Gasteiger partial charge is 0.673 e. The molecular weight excluding hydrogens is 247 g/mol. The molecule has 0 spiro atoms. The molecule has 2 aliphatic heterocycles. The first kappa shape index (κ1) is 13.6. The van der Waals surface area contributed by atoms with Gasteiger partial charge in [-0.2, -0.15) is 0 Å². The lowest BCUT2D eigenvalue weighted by Gasteiger charge is -2.30. The maximum atomic E-state index is 9.75. The van der Waals surface area contributed by atoms with Gasteiger partial charge in [-0.05, 0) is 18.0 Å². The Morgan fingerprint density at radius 3 is 1.78 bits per heavy atom. The second kappa shape index (κ2) is 5.40. The normalized spacial score (nSPS) is 31.0. The zero-order chi connectivity index (χ0) is 13.2. The number of halogens is 4. The molecule has 2 nitrogen and oxygen atoms in total. The molecule has 0 aromatic carbocycles. The minimum absolute atomic E-state index is 0.672. The van der Waals surface area contributed by atoms with Crippen molar-refractivity contribution >= 4 is 7.25 Å². The number of hydrogen-bond donors (Lipinski definition) is 0. The van der Waals surface area contributed by atoms with Gasteiger partial charge < -0.3 is 17.3 Å². The first-order valence-electron chi connectivity index (χ1n) is 6.45. The van der Waals surface area contributed by atoms with Crippen LogP contribution in [0.3, 0.4) is 0 Å². The molecule has 0 N–H and O–H groups in total. The van der Waals surface area contributed by atoms with Crippen molar-refractivity contribution in [2.24, 2.45) is 5.11 Å². The van der Waals surface area contributed by atoms with Crippen molar-refractivity contribution in [3.63, 3.8) is 0 Å². The van der Waals surface area contributed by atoms with Crippen LogP contribution in [0, 0.1) is 0 Å². The monoisotopic (exact) mass is 264 g/mol. The van der Waals surface area contributed by atoms with Crippen LogP contribution in [0.15, 0.2) is 17.3 Å². The van der Waals surface area contributed by atoms with Crippen LogP contribution in [0.1, 0.15) is 38.5 Å². The van der Waals surface area contributed by atoms with Crippen LogP contribution in [0.5, 0.6) is 0 Å². The molecule has 18 heavy (non-hydrogen) atoms. The quantitative estimate of drug-likeness (QED) is 0.296. The summed E-state index contributed by atoms with van der Waals surface area (Å²) in [6.45, 7) is 0. The minimum Gasteiger partial charge on any atom is -0.418 e. The molecule has 0 radical (unpaired) electrons. The molecule has 0 saturated heterocycles. The van der Waals surface area contributed by atoms with Gasteiger partial charge in [0.1, 0.15) is 6.04 Å². The summed E-state index contributed by atoms with van der Waals surface area (Å²) in [5.41, 5.74) is 0. The minimum atomic E-state index is -6.00. The molecule has 4 rings (SSSR count). The van der Waals surface area contributed by atoms with E-state index in [-0.39, 0.29) is 0 Å². The zero-order valence-corrected chi connectivity index (χ0v) is 10.1. The summed E-state index contributed by atoms with van der Waals surface area (Å²) in [5, 5.41) is 4.83. The molecule has 0 aromatic rings. The Balaban J connectivity index is 0.000000209. The van der Waals surface area contributed by atoms with Crippen molar-refractivity contribution < 1.29 is 22.0 Å². The molecule has 0 atom stereocenters. The highest BCUT2D eigenvalue weighted by atomic mass is 19.5. The summed E-state index contributed by atoms with van der Waals surface area (Å²) in [4.78, 5) is 0. The summed E-state index contributed by atoms with van der Waals surface area (Å²) in [7, 11) is -6.00. The molecule has 1 saturated carbocycles. The lowest BCUT2D eigenvalue weighted by atomic mass is 9.89. The molecule has 102 valence electrons. The standard InChI is InChI=1S/C11H17N2.BF4/c1-2-4-10(3-1)13-11-7-5-9(12-13)6-8-11;2-1(3,4)5/h1-2,9-11H,3-8H2;/q+1;-1. The fourth-order valence-corrected chi connectivity index (χ4v) is 2.93. The van der Waals surface area contributed by atoms with Crippen LogP contribution in [0.4, 0.5) is 17.3 Å². The number of rotatable bonds is 1. The SMILES string of the molecule is C1=CCC([N+]2=NC3CCC2CC3)C1.F[B-](F)(F)F. The smallest absolute Gasteiger partial charge is 0.418 e. The molecule has 7 heteroatoms. The topological polar surface area (TPSA) is 15.4 Å². The second-order valence-corrected chi connectivity index (χ2v) is 5.05. The average Bonchev–Trinajstić information content (AvgIpc) is 2.81. The molecule has 4 aliphatic rings. The van der Waals surface area contributed by atoms with E-state index in [4.69, 9.17) is 5.11 Å². The highest BCUT2D eigenvalue weighted by molar-refractivity contribution is 6.50. The van der Waals surface area contributed by atoms with E-state index in [0.29, 0.717) is 12.1 Å². The van der Waals surface area contributed by atoms with E-state index in [0.717, 1.165) is 6.04 Å². The van der Waals surface area contributed by atoms with Crippen molar-refractivity contribution in [2.75, 3.05) is 0 Å². The summed E-state index contributed by atoms with van der Waals surface area (Å²) in [6, 6.07) is 2.17. The Kier molecular flexibility index (Phi) is 4.07. The van der Waals surface area contributed by atoms with Gasteiger partial charge in [-0.25, -0.2) is 0 Å². The lowest BCUT2D eigenvalue weighted by molar-refractivity contribution is -0.675. The fraction of sp³-hybridized carbons (Fsp3) is 0.818. The van der Waals surface area contributed by atoms with E-state index >= 15 is 0 Å². The van der Waals surface area contributed by atoms with Crippen LogP contribution >= 0.6 is 0 Å². The van der Waals surface area contributed by atoms with Crippen molar-refractivity contribution in [3.8, 4) is 0 Å². The third-order valence-electron chi connectivity index (χ3n) is 3.69. The summed E-state index contributed by atoms with van der Waals surface area (Å²) in [6.07, 6.45) is 12.6. The third-order valence-corrected chi connectivity index (χ3v) is 3.69. The third kappa shape index (κ3) is 3.81. The lowest BCUT2D eigenvalue weighted by Crippen LogP contribution is -2.42. The first-order valence-corrected chi connectivity index (χ1v) is 6.45. The van der Waals surface area contributed by atoms with E-state index in [1.54, 1.807) is 0 Å². The molecule has 0 unspecified atom stereocenters. The van der Waals surface area contributed by atoms with Gasteiger partial charge in [0.05, 0.1) is 0 Å². The van der Waals surface area contributed by atoms with Gasteiger partial charge in [0.2, 0.25) is 0 Å². The molecule has 2 heterocycles. The number of hydrogen-bond acceptors (Lipinski definition) is 1. The molecule has 1 fully saturated rings. The summed E-state index contributed by atoms with van der Waals surface area (Å²) in [5.74, 6) is 0. The summed E-state index contributed by atoms with van der Waals surface area (Å²) < 4.78 is 41.4.